The van der Waals surface area contributed by atoms with Gasteiger partial charge in [-0.2, -0.15) is 0 Å². The van der Waals surface area contributed by atoms with Crippen LogP contribution in [-0.4, -0.2) is 36.1 Å². The van der Waals surface area contributed by atoms with Crippen LogP contribution in [0.3, 0.4) is 0 Å². The summed E-state index contributed by atoms with van der Waals surface area (Å²) >= 11 is 0. The molecule has 2 aliphatic heterocycles. The van der Waals surface area contributed by atoms with Gasteiger partial charge in [-0.25, -0.2) is 4.79 Å². The Morgan fingerprint density at radius 2 is 1.94 bits per heavy atom. The van der Waals surface area contributed by atoms with Crippen LogP contribution >= 0.6 is 0 Å². The van der Waals surface area contributed by atoms with E-state index in [0.717, 1.165) is 16.9 Å². The number of nitrogens with zero attached hydrogens (tertiary/aromatic N) is 1. The van der Waals surface area contributed by atoms with Crippen LogP contribution in [-0.2, 0) is 15.1 Å². The number of para-hydroxylation sites is 1. The maximum Gasteiger partial charge on any atom is 0.325 e. The van der Waals surface area contributed by atoms with Gasteiger partial charge in [0, 0.05) is 5.69 Å². The van der Waals surface area contributed by atoms with Crippen molar-refractivity contribution in [3.8, 4) is 11.5 Å². The van der Waals surface area contributed by atoms with Gasteiger partial charge in [0.25, 0.3) is 5.91 Å². The molecule has 31 heavy (non-hydrogen) atoms. The standard InChI is InChI=1S/C23H25N3O5/c1-4-14(2)16-7-5-6-8-17(16)24-20(27)12-26-21(28)23(3,25-22(26)29)15-9-10-18-19(11-15)31-13-30-18/h5-11,14H,4,12-13H2,1-3H3,(H,24,27)(H,25,29)/t14-,23-/m1/s1. The second kappa shape index (κ2) is 7.94. The van der Waals surface area contributed by atoms with Gasteiger partial charge in [-0.05, 0) is 48.6 Å². The topological polar surface area (TPSA) is 97.0 Å². The number of nitrogens with one attached hydrogen (secondary N) is 2. The average Bonchev–Trinajstić information content (AvgIpc) is 3.32. The van der Waals surface area contributed by atoms with Crippen molar-refractivity contribution in [3.05, 3.63) is 53.6 Å². The molecule has 0 aliphatic carbocycles. The first kappa shape index (κ1) is 20.7. The highest BCUT2D eigenvalue weighted by molar-refractivity contribution is 6.10. The number of hydrogen-bond donors (Lipinski definition) is 2. The van der Waals surface area contributed by atoms with Crippen LogP contribution in [0.15, 0.2) is 42.5 Å². The fourth-order valence-corrected chi connectivity index (χ4v) is 3.84. The van der Waals surface area contributed by atoms with Crippen molar-refractivity contribution < 1.29 is 23.9 Å². The molecule has 2 atom stereocenters. The number of amides is 4. The summed E-state index contributed by atoms with van der Waals surface area (Å²) in [5.74, 6) is 0.428. The van der Waals surface area contributed by atoms with Gasteiger partial charge in [0.05, 0.1) is 0 Å². The van der Waals surface area contributed by atoms with Gasteiger partial charge in [-0.15, -0.1) is 0 Å². The summed E-state index contributed by atoms with van der Waals surface area (Å²) in [5, 5.41) is 5.55. The molecule has 8 heteroatoms. The molecule has 0 saturated carbocycles. The second-order valence-corrected chi connectivity index (χ2v) is 7.96. The molecule has 0 unspecified atom stereocenters. The molecular formula is C23H25N3O5. The molecule has 2 aliphatic rings. The fourth-order valence-electron chi connectivity index (χ4n) is 3.84. The van der Waals surface area contributed by atoms with Crippen molar-refractivity contribution in [2.24, 2.45) is 0 Å². The van der Waals surface area contributed by atoms with Gasteiger partial charge in [-0.3, -0.25) is 14.5 Å². The van der Waals surface area contributed by atoms with Crippen molar-refractivity contribution in [2.45, 2.75) is 38.6 Å². The molecule has 0 bridgehead atoms. The first-order valence-electron chi connectivity index (χ1n) is 10.3. The lowest BCUT2D eigenvalue weighted by atomic mass is 9.91. The summed E-state index contributed by atoms with van der Waals surface area (Å²) in [4.78, 5) is 39.4. The molecule has 2 aromatic carbocycles. The van der Waals surface area contributed by atoms with E-state index in [4.69, 9.17) is 9.47 Å². The third-order valence-corrected chi connectivity index (χ3v) is 5.90. The van der Waals surface area contributed by atoms with E-state index in [-0.39, 0.29) is 19.3 Å². The van der Waals surface area contributed by atoms with Crippen LogP contribution in [0.4, 0.5) is 10.5 Å². The predicted molar refractivity (Wildman–Crippen MR) is 114 cm³/mol. The average molecular weight is 423 g/mol. The van der Waals surface area contributed by atoms with Crippen molar-refractivity contribution in [1.29, 1.82) is 0 Å². The minimum atomic E-state index is -1.30. The SMILES string of the molecule is CC[C@@H](C)c1ccccc1NC(=O)CN1C(=O)N[C@](C)(c2ccc3c(c2)OCO3)C1=O. The van der Waals surface area contributed by atoms with E-state index in [1.165, 1.54) is 0 Å². The van der Waals surface area contributed by atoms with Crippen molar-refractivity contribution >= 4 is 23.5 Å². The minimum Gasteiger partial charge on any atom is -0.454 e. The van der Waals surface area contributed by atoms with E-state index in [0.29, 0.717) is 22.7 Å². The predicted octanol–water partition coefficient (Wildman–Crippen LogP) is 3.33. The molecular weight excluding hydrogens is 398 g/mol. The highest BCUT2D eigenvalue weighted by Gasteiger charge is 2.49. The molecule has 8 nitrogen and oxygen atoms in total. The fraction of sp³-hybridized carbons (Fsp3) is 0.348. The van der Waals surface area contributed by atoms with Crippen molar-refractivity contribution in [3.63, 3.8) is 0 Å². The molecule has 4 amide bonds. The summed E-state index contributed by atoms with van der Waals surface area (Å²) in [5.41, 5.74) is 0.959. The van der Waals surface area contributed by atoms with E-state index in [2.05, 4.69) is 24.5 Å². The first-order chi connectivity index (χ1) is 14.8. The Bertz CT molecular complexity index is 1050. The van der Waals surface area contributed by atoms with E-state index in [9.17, 15) is 14.4 Å². The second-order valence-electron chi connectivity index (χ2n) is 7.96. The normalized spacial score (nSPS) is 20.5. The minimum absolute atomic E-state index is 0.111. The molecule has 162 valence electrons. The van der Waals surface area contributed by atoms with Gasteiger partial charge in [0.15, 0.2) is 11.5 Å². The molecule has 4 rings (SSSR count). The van der Waals surface area contributed by atoms with Crippen molar-refractivity contribution in [2.75, 3.05) is 18.7 Å². The number of hydrogen-bond acceptors (Lipinski definition) is 5. The summed E-state index contributed by atoms with van der Waals surface area (Å²) in [6.07, 6.45) is 0.924. The molecule has 2 N–H and O–H groups in total. The summed E-state index contributed by atoms with van der Waals surface area (Å²) in [6, 6.07) is 12.0. The molecule has 1 saturated heterocycles. The lowest BCUT2D eigenvalue weighted by Gasteiger charge is -2.22. The zero-order chi connectivity index (χ0) is 22.2. The number of imide groups is 1. The Hall–Kier alpha value is -3.55. The third kappa shape index (κ3) is 3.69. The van der Waals surface area contributed by atoms with Gasteiger partial charge in [0.1, 0.15) is 12.1 Å². The Morgan fingerprint density at radius 3 is 2.71 bits per heavy atom. The molecule has 0 spiro atoms. The highest BCUT2D eigenvalue weighted by atomic mass is 16.7. The zero-order valence-electron chi connectivity index (χ0n) is 17.7. The van der Waals surface area contributed by atoms with Crippen LogP contribution in [0.1, 0.15) is 44.2 Å². The summed E-state index contributed by atoms with van der Waals surface area (Å²) in [6.45, 7) is 5.51. The maximum absolute atomic E-state index is 13.1. The maximum atomic E-state index is 13.1. The molecule has 2 heterocycles. The lowest BCUT2D eigenvalue weighted by molar-refractivity contribution is -0.133. The number of carbonyl (C=O) groups is 3. The van der Waals surface area contributed by atoms with Gasteiger partial charge < -0.3 is 20.1 Å². The lowest BCUT2D eigenvalue weighted by Crippen LogP contribution is -2.42. The van der Waals surface area contributed by atoms with Crippen LogP contribution in [0.5, 0.6) is 11.5 Å². The molecule has 0 aromatic heterocycles. The number of ether oxygens (including phenoxy) is 2. The monoisotopic (exact) mass is 423 g/mol. The number of benzene rings is 2. The van der Waals surface area contributed by atoms with Gasteiger partial charge in [-0.1, -0.05) is 38.1 Å². The van der Waals surface area contributed by atoms with E-state index in [1.807, 2.05) is 24.3 Å². The van der Waals surface area contributed by atoms with Crippen molar-refractivity contribution in [1.82, 2.24) is 10.2 Å². The third-order valence-electron chi connectivity index (χ3n) is 5.90. The Balaban J connectivity index is 1.50. The number of urea groups is 1. The van der Waals surface area contributed by atoms with E-state index < -0.39 is 23.4 Å². The van der Waals surface area contributed by atoms with Gasteiger partial charge >= 0.3 is 6.03 Å². The number of fused-ring (bicyclic) bond motifs is 1. The smallest absolute Gasteiger partial charge is 0.325 e. The molecule has 0 radical (unpaired) electrons. The summed E-state index contributed by atoms with van der Waals surface area (Å²) in [7, 11) is 0. The van der Waals surface area contributed by atoms with Crippen LogP contribution < -0.4 is 20.1 Å². The zero-order valence-corrected chi connectivity index (χ0v) is 17.7. The highest BCUT2D eigenvalue weighted by Crippen LogP contribution is 2.37. The number of anilines is 1. The van der Waals surface area contributed by atoms with Crippen LogP contribution in [0.25, 0.3) is 0 Å². The van der Waals surface area contributed by atoms with E-state index in [1.54, 1.807) is 25.1 Å². The Morgan fingerprint density at radius 1 is 1.19 bits per heavy atom. The Labute approximate surface area is 180 Å². The first-order valence-corrected chi connectivity index (χ1v) is 10.3. The number of carbonyl (C=O) groups excluding carboxylic acids is 3. The van der Waals surface area contributed by atoms with Crippen LogP contribution in [0.2, 0.25) is 0 Å². The Kier molecular flexibility index (Phi) is 5.31. The number of rotatable bonds is 6. The van der Waals surface area contributed by atoms with Gasteiger partial charge in [0.2, 0.25) is 12.7 Å². The van der Waals surface area contributed by atoms with E-state index >= 15 is 0 Å². The quantitative estimate of drug-likeness (QED) is 0.695. The molecule has 1 fully saturated rings. The summed E-state index contributed by atoms with van der Waals surface area (Å²) < 4.78 is 10.7. The molecule has 2 aromatic rings. The largest absolute Gasteiger partial charge is 0.454 e. The van der Waals surface area contributed by atoms with Crippen LogP contribution in [0, 0.1) is 0 Å².